The normalized spacial score (nSPS) is 19.2. The molecule has 0 saturated heterocycles. The molecular formula is C17H20O3. The molecule has 1 aromatic carbocycles. The van der Waals surface area contributed by atoms with E-state index in [0.717, 1.165) is 41.9 Å². The lowest BCUT2D eigenvalue weighted by molar-refractivity contribution is -0.114. The second-order valence-electron chi connectivity index (χ2n) is 5.53. The van der Waals surface area contributed by atoms with E-state index in [9.17, 15) is 4.79 Å². The van der Waals surface area contributed by atoms with Crippen LogP contribution in [-0.4, -0.2) is 19.0 Å². The highest BCUT2D eigenvalue weighted by Gasteiger charge is 2.20. The fraction of sp³-hybridized carbons (Fsp3) is 0.471. The Hall–Kier alpha value is -1.77. The largest absolute Gasteiger partial charge is 0.493 e. The van der Waals surface area contributed by atoms with E-state index in [0.29, 0.717) is 12.5 Å². The number of hydrogen-bond acceptors (Lipinski definition) is 3. The number of rotatable bonds is 4. The van der Waals surface area contributed by atoms with E-state index >= 15 is 0 Å². The van der Waals surface area contributed by atoms with E-state index in [2.05, 4.69) is 0 Å². The predicted molar refractivity (Wildman–Crippen MR) is 78.1 cm³/mol. The smallest absolute Gasteiger partial charge is 0.162 e. The third kappa shape index (κ3) is 2.72. The summed E-state index contributed by atoms with van der Waals surface area (Å²) >= 11 is 0. The summed E-state index contributed by atoms with van der Waals surface area (Å²) in [7, 11) is 1.66. The standard InChI is InChI=1S/C17H20O3/c1-19-16-9-7-13(12-6-8-14(18)10-12)11-17(16)20-15-4-2-3-5-15/h7,9-11,15H,2-6,8H2,1H3. The van der Waals surface area contributed by atoms with Gasteiger partial charge in [-0.05, 0) is 61.4 Å². The molecule has 1 saturated carbocycles. The van der Waals surface area contributed by atoms with Gasteiger partial charge < -0.3 is 9.47 Å². The van der Waals surface area contributed by atoms with Crippen molar-refractivity contribution in [2.45, 2.75) is 44.6 Å². The van der Waals surface area contributed by atoms with Crippen LogP contribution in [0.15, 0.2) is 24.3 Å². The maximum absolute atomic E-state index is 11.4. The lowest BCUT2D eigenvalue weighted by Gasteiger charge is -2.17. The van der Waals surface area contributed by atoms with Gasteiger partial charge in [0.1, 0.15) is 0 Å². The molecule has 3 nitrogen and oxygen atoms in total. The van der Waals surface area contributed by atoms with Crippen LogP contribution in [0.5, 0.6) is 11.5 Å². The minimum Gasteiger partial charge on any atom is -0.493 e. The summed E-state index contributed by atoms with van der Waals surface area (Å²) in [6, 6.07) is 5.95. The molecule has 0 heterocycles. The molecular weight excluding hydrogens is 252 g/mol. The Morgan fingerprint density at radius 3 is 2.55 bits per heavy atom. The first-order valence-electron chi connectivity index (χ1n) is 7.35. The Morgan fingerprint density at radius 1 is 1.10 bits per heavy atom. The van der Waals surface area contributed by atoms with Crippen molar-refractivity contribution < 1.29 is 14.3 Å². The lowest BCUT2D eigenvalue weighted by Crippen LogP contribution is -2.11. The van der Waals surface area contributed by atoms with Crippen molar-refractivity contribution in [1.29, 1.82) is 0 Å². The van der Waals surface area contributed by atoms with E-state index in [1.54, 1.807) is 13.2 Å². The predicted octanol–water partition coefficient (Wildman–Crippen LogP) is 3.76. The van der Waals surface area contributed by atoms with E-state index in [1.165, 1.54) is 12.8 Å². The number of carbonyl (C=O) groups excluding carboxylic acids is 1. The second kappa shape index (κ2) is 5.70. The number of methoxy groups -OCH3 is 1. The van der Waals surface area contributed by atoms with Gasteiger partial charge >= 0.3 is 0 Å². The molecule has 0 radical (unpaired) electrons. The van der Waals surface area contributed by atoms with Gasteiger partial charge in [0.25, 0.3) is 0 Å². The van der Waals surface area contributed by atoms with Crippen LogP contribution in [0.25, 0.3) is 5.57 Å². The molecule has 106 valence electrons. The quantitative estimate of drug-likeness (QED) is 0.837. The van der Waals surface area contributed by atoms with E-state index in [1.807, 2.05) is 18.2 Å². The molecule has 0 spiro atoms. The van der Waals surface area contributed by atoms with Crippen LogP contribution in [0.4, 0.5) is 0 Å². The van der Waals surface area contributed by atoms with Crippen LogP contribution in [0.2, 0.25) is 0 Å². The van der Waals surface area contributed by atoms with Crippen molar-refractivity contribution in [3.63, 3.8) is 0 Å². The molecule has 0 atom stereocenters. The molecule has 20 heavy (non-hydrogen) atoms. The molecule has 3 heteroatoms. The fourth-order valence-corrected chi connectivity index (χ4v) is 2.98. The molecule has 3 rings (SSSR count). The number of hydrogen-bond donors (Lipinski definition) is 0. The molecule has 0 aromatic heterocycles. The molecule has 0 N–H and O–H groups in total. The lowest BCUT2D eigenvalue weighted by atomic mass is 10.0. The van der Waals surface area contributed by atoms with Gasteiger partial charge in [0.15, 0.2) is 17.3 Å². The maximum Gasteiger partial charge on any atom is 0.162 e. The first kappa shape index (κ1) is 13.2. The summed E-state index contributed by atoms with van der Waals surface area (Å²) in [5.41, 5.74) is 2.18. The van der Waals surface area contributed by atoms with Crippen LogP contribution in [-0.2, 0) is 4.79 Å². The Kier molecular flexibility index (Phi) is 3.77. The molecule has 0 aliphatic heterocycles. The summed E-state index contributed by atoms with van der Waals surface area (Å²) in [6.45, 7) is 0. The van der Waals surface area contributed by atoms with Gasteiger partial charge in [0, 0.05) is 6.42 Å². The van der Waals surface area contributed by atoms with Crippen molar-refractivity contribution >= 4 is 11.4 Å². The molecule has 1 fully saturated rings. The highest BCUT2D eigenvalue weighted by atomic mass is 16.5. The van der Waals surface area contributed by atoms with Gasteiger partial charge in [-0.15, -0.1) is 0 Å². The zero-order valence-corrected chi connectivity index (χ0v) is 11.9. The van der Waals surface area contributed by atoms with Gasteiger partial charge in [0.2, 0.25) is 0 Å². The van der Waals surface area contributed by atoms with Crippen molar-refractivity contribution in [2.75, 3.05) is 7.11 Å². The Morgan fingerprint density at radius 2 is 1.90 bits per heavy atom. The van der Waals surface area contributed by atoms with Crippen molar-refractivity contribution in [3.05, 3.63) is 29.8 Å². The topological polar surface area (TPSA) is 35.5 Å². The number of allylic oxidation sites excluding steroid dienone is 2. The first-order chi connectivity index (χ1) is 9.76. The fourth-order valence-electron chi connectivity index (χ4n) is 2.98. The summed E-state index contributed by atoms with van der Waals surface area (Å²) in [5, 5.41) is 0. The van der Waals surface area contributed by atoms with E-state index < -0.39 is 0 Å². The second-order valence-corrected chi connectivity index (χ2v) is 5.53. The van der Waals surface area contributed by atoms with Crippen LogP contribution >= 0.6 is 0 Å². The SMILES string of the molecule is COc1ccc(C2=CC(=O)CC2)cc1OC1CCCC1. The average Bonchev–Trinajstić information content (AvgIpc) is 3.10. The third-order valence-corrected chi connectivity index (χ3v) is 4.11. The van der Waals surface area contributed by atoms with Gasteiger partial charge in [-0.1, -0.05) is 6.07 Å². The number of benzene rings is 1. The van der Waals surface area contributed by atoms with E-state index in [4.69, 9.17) is 9.47 Å². The minimum atomic E-state index is 0.217. The summed E-state index contributed by atoms with van der Waals surface area (Å²) in [4.78, 5) is 11.4. The van der Waals surface area contributed by atoms with Crippen molar-refractivity contribution in [2.24, 2.45) is 0 Å². The summed E-state index contributed by atoms with van der Waals surface area (Å²) in [5.74, 6) is 1.79. The highest BCUT2D eigenvalue weighted by Crippen LogP contribution is 2.36. The van der Waals surface area contributed by atoms with Crippen LogP contribution in [0.3, 0.4) is 0 Å². The Bertz CT molecular complexity index is 539. The van der Waals surface area contributed by atoms with Gasteiger partial charge in [0.05, 0.1) is 13.2 Å². The number of carbonyl (C=O) groups is 1. The molecule has 2 aliphatic rings. The van der Waals surface area contributed by atoms with Gasteiger partial charge in [-0.2, -0.15) is 0 Å². The summed E-state index contributed by atoms with van der Waals surface area (Å²) < 4.78 is 11.5. The van der Waals surface area contributed by atoms with Gasteiger partial charge in [-0.3, -0.25) is 4.79 Å². The van der Waals surface area contributed by atoms with Crippen LogP contribution in [0.1, 0.15) is 44.1 Å². The number of ether oxygens (including phenoxy) is 2. The zero-order chi connectivity index (χ0) is 13.9. The van der Waals surface area contributed by atoms with Crippen LogP contribution < -0.4 is 9.47 Å². The summed E-state index contributed by atoms with van der Waals surface area (Å²) in [6.07, 6.45) is 8.23. The Balaban J connectivity index is 1.86. The average molecular weight is 272 g/mol. The Labute approximate surface area is 119 Å². The van der Waals surface area contributed by atoms with Crippen molar-refractivity contribution in [3.8, 4) is 11.5 Å². The maximum atomic E-state index is 11.4. The molecule has 1 aromatic rings. The molecule has 2 aliphatic carbocycles. The monoisotopic (exact) mass is 272 g/mol. The molecule has 0 unspecified atom stereocenters. The third-order valence-electron chi connectivity index (χ3n) is 4.11. The van der Waals surface area contributed by atoms with Crippen LogP contribution in [0, 0.1) is 0 Å². The first-order valence-corrected chi connectivity index (χ1v) is 7.35. The zero-order valence-electron chi connectivity index (χ0n) is 11.9. The minimum absolute atomic E-state index is 0.217. The van der Waals surface area contributed by atoms with Crippen molar-refractivity contribution in [1.82, 2.24) is 0 Å². The number of ketones is 1. The van der Waals surface area contributed by atoms with E-state index in [-0.39, 0.29) is 5.78 Å². The molecule has 0 amide bonds. The molecule has 0 bridgehead atoms. The van der Waals surface area contributed by atoms with Gasteiger partial charge in [-0.25, -0.2) is 0 Å². The highest BCUT2D eigenvalue weighted by molar-refractivity contribution is 6.01.